The molecule has 1 aromatic heterocycles. The van der Waals surface area contributed by atoms with Gasteiger partial charge in [-0.25, -0.2) is 4.79 Å². The maximum atomic E-state index is 10.2. The third-order valence-electron chi connectivity index (χ3n) is 1.30. The molecule has 1 rings (SSSR count). The first kappa shape index (κ1) is 12.3. The molecule has 0 aromatic carbocycles. The summed E-state index contributed by atoms with van der Waals surface area (Å²) in [5.74, 6) is -2.47. The number of carbonyl (C=O) groups excluding carboxylic acids is 1. The van der Waals surface area contributed by atoms with Crippen LogP contribution in [0.1, 0.15) is 13.8 Å². The summed E-state index contributed by atoms with van der Waals surface area (Å²) < 4.78 is 0. The highest BCUT2D eigenvalue weighted by molar-refractivity contribution is 6.33. The Morgan fingerprint density at radius 2 is 1.64 bits per heavy atom. The van der Waals surface area contributed by atoms with Crippen LogP contribution in [0.25, 0.3) is 0 Å². The molecule has 4 heteroatoms. The van der Waals surface area contributed by atoms with Crippen LogP contribution in [0.4, 0.5) is 0 Å². The van der Waals surface area contributed by atoms with E-state index in [0.29, 0.717) is 0 Å². The molecule has 14 heavy (non-hydrogen) atoms. The summed E-state index contributed by atoms with van der Waals surface area (Å²) in [5, 5.41) is 8.00. The second kappa shape index (κ2) is 6.77. The first-order valence-electron chi connectivity index (χ1n) is 4.17. The molecule has 0 aliphatic carbocycles. The number of nitrogens with zero attached hydrogens (tertiary/aromatic N) is 1. The quantitative estimate of drug-likeness (QED) is 0.724. The molecule has 0 saturated heterocycles. The molecule has 0 saturated carbocycles. The van der Waals surface area contributed by atoms with Crippen molar-refractivity contribution in [3.63, 3.8) is 0 Å². The van der Waals surface area contributed by atoms with Crippen molar-refractivity contribution in [2.75, 3.05) is 0 Å². The predicted octanol–water partition coefficient (Wildman–Crippen LogP) is 1.38. The zero-order valence-corrected chi connectivity index (χ0v) is 8.18. The fourth-order valence-corrected chi connectivity index (χ4v) is 0.560. The second-order valence-corrected chi connectivity index (χ2v) is 2.85. The molecular weight excluding hydrogens is 182 g/mol. The standard InChI is InChI=1S/C5H5N.C5H8O3/c1-2-4-6-5-3-1;1-3(2)4(6)5(7)8/h1-5H;3H,1-2H3,(H,7,8). The lowest BCUT2D eigenvalue weighted by molar-refractivity contribution is -0.150. The van der Waals surface area contributed by atoms with E-state index >= 15 is 0 Å². The van der Waals surface area contributed by atoms with Crippen molar-refractivity contribution in [2.24, 2.45) is 5.92 Å². The molecule has 0 aliphatic rings. The molecule has 1 N–H and O–H groups in total. The number of rotatable bonds is 2. The number of hydrogen-bond donors (Lipinski definition) is 1. The van der Waals surface area contributed by atoms with Gasteiger partial charge >= 0.3 is 5.97 Å². The lowest BCUT2D eigenvalue weighted by Crippen LogP contribution is -2.18. The minimum absolute atomic E-state index is 0.396. The smallest absolute Gasteiger partial charge is 0.372 e. The van der Waals surface area contributed by atoms with Crippen molar-refractivity contribution in [3.05, 3.63) is 30.6 Å². The van der Waals surface area contributed by atoms with Gasteiger partial charge in [-0.15, -0.1) is 0 Å². The summed E-state index contributed by atoms with van der Waals surface area (Å²) in [6.45, 7) is 3.10. The highest BCUT2D eigenvalue weighted by Gasteiger charge is 2.14. The molecule has 0 radical (unpaired) electrons. The molecule has 0 atom stereocenters. The van der Waals surface area contributed by atoms with Crippen LogP contribution >= 0.6 is 0 Å². The molecule has 1 heterocycles. The summed E-state index contributed by atoms with van der Waals surface area (Å²) in [7, 11) is 0. The van der Waals surface area contributed by atoms with Crippen LogP contribution < -0.4 is 0 Å². The fraction of sp³-hybridized carbons (Fsp3) is 0.300. The van der Waals surface area contributed by atoms with Crippen molar-refractivity contribution >= 4 is 11.8 Å². The monoisotopic (exact) mass is 195 g/mol. The summed E-state index contributed by atoms with van der Waals surface area (Å²) in [5.41, 5.74) is 0. The minimum atomic E-state index is -1.35. The van der Waals surface area contributed by atoms with Gasteiger partial charge in [0.05, 0.1) is 0 Å². The van der Waals surface area contributed by atoms with Crippen LogP contribution in [0.2, 0.25) is 0 Å². The predicted molar refractivity (Wildman–Crippen MR) is 51.7 cm³/mol. The Morgan fingerprint density at radius 1 is 1.14 bits per heavy atom. The van der Waals surface area contributed by atoms with E-state index in [2.05, 4.69) is 4.98 Å². The molecule has 1 aromatic rings. The van der Waals surface area contributed by atoms with Gasteiger partial charge in [-0.05, 0) is 12.1 Å². The Balaban J connectivity index is 0.000000249. The molecule has 0 aliphatic heterocycles. The number of aliphatic carboxylic acids is 1. The average Bonchev–Trinajstić information content (AvgIpc) is 2.20. The Bertz CT molecular complexity index is 256. The number of carboxylic acids is 1. The number of carbonyl (C=O) groups is 2. The molecule has 0 fully saturated rings. The first-order valence-corrected chi connectivity index (χ1v) is 4.17. The van der Waals surface area contributed by atoms with Gasteiger partial charge in [0.25, 0.3) is 0 Å². The van der Waals surface area contributed by atoms with Crippen LogP contribution in [-0.2, 0) is 9.59 Å². The number of ketones is 1. The van der Waals surface area contributed by atoms with Gasteiger partial charge in [-0.2, -0.15) is 0 Å². The van der Waals surface area contributed by atoms with Gasteiger partial charge in [-0.3, -0.25) is 9.78 Å². The lowest BCUT2D eigenvalue weighted by atomic mass is 10.1. The molecule has 76 valence electrons. The van der Waals surface area contributed by atoms with Crippen molar-refractivity contribution in [1.29, 1.82) is 0 Å². The first-order chi connectivity index (χ1) is 6.55. The van der Waals surface area contributed by atoms with Gasteiger partial charge in [0, 0.05) is 18.3 Å². The largest absolute Gasteiger partial charge is 0.475 e. The maximum absolute atomic E-state index is 10.2. The highest BCUT2D eigenvalue weighted by Crippen LogP contribution is 1.92. The van der Waals surface area contributed by atoms with Crippen molar-refractivity contribution < 1.29 is 14.7 Å². The third kappa shape index (κ3) is 5.88. The minimum Gasteiger partial charge on any atom is -0.475 e. The van der Waals surface area contributed by atoms with E-state index in [0.717, 1.165) is 0 Å². The van der Waals surface area contributed by atoms with E-state index in [1.54, 1.807) is 26.2 Å². The summed E-state index contributed by atoms with van der Waals surface area (Å²) in [6, 6.07) is 5.72. The molecular formula is C10H13NO3. The lowest BCUT2D eigenvalue weighted by Gasteiger charge is -1.93. The average molecular weight is 195 g/mol. The van der Waals surface area contributed by atoms with E-state index in [9.17, 15) is 9.59 Å². The van der Waals surface area contributed by atoms with Crippen LogP contribution in [0.5, 0.6) is 0 Å². The number of Topliss-reactive ketones (excluding diaryl/α,β-unsaturated/α-hetero) is 1. The topological polar surface area (TPSA) is 67.3 Å². The second-order valence-electron chi connectivity index (χ2n) is 2.85. The van der Waals surface area contributed by atoms with Crippen molar-refractivity contribution in [3.8, 4) is 0 Å². The fourth-order valence-electron chi connectivity index (χ4n) is 0.560. The van der Waals surface area contributed by atoms with Crippen LogP contribution in [0, 0.1) is 5.92 Å². The van der Waals surface area contributed by atoms with E-state index in [1.807, 2.05) is 18.2 Å². The Morgan fingerprint density at radius 3 is 1.71 bits per heavy atom. The summed E-state index contributed by atoms with van der Waals surface area (Å²) >= 11 is 0. The Kier molecular flexibility index (Phi) is 5.94. The zero-order chi connectivity index (χ0) is 11.0. The van der Waals surface area contributed by atoms with E-state index < -0.39 is 17.7 Å². The van der Waals surface area contributed by atoms with Gasteiger partial charge in [0.2, 0.25) is 5.78 Å². The Labute approximate surface area is 82.6 Å². The molecule has 4 nitrogen and oxygen atoms in total. The van der Waals surface area contributed by atoms with Crippen molar-refractivity contribution in [1.82, 2.24) is 4.98 Å². The number of carboxylic acid groups (broad SMARTS) is 1. The highest BCUT2D eigenvalue weighted by atomic mass is 16.4. The maximum Gasteiger partial charge on any atom is 0.372 e. The normalized spacial score (nSPS) is 8.79. The van der Waals surface area contributed by atoms with Gasteiger partial charge in [-0.1, -0.05) is 19.9 Å². The van der Waals surface area contributed by atoms with E-state index in [1.165, 1.54) is 0 Å². The number of aromatic nitrogens is 1. The molecule has 0 amide bonds. The third-order valence-corrected chi connectivity index (χ3v) is 1.30. The Hall–Kier alpha value is -1.71. The van der Waals surface area contributed by atoms with Gasteiger partial charge < -0.3 is 5.11 Å². The SMILES string of the molecule is CC(C)C(=O)C(=O)O.c1ccncc1. The molecule has 0 spiro atoms. The number of hydrogen-bond acceptors (Lipinski definition) is 3. The summed E-state index contributed by atoms with van der Waals surface area (Å²) in [4.78, 5) is 23.8. The van der Waals surface area contributed by atoms with Crippen molar-refractivity contribution in [2.45, 2.75) is 13.8 Å². The van der Waals surface area contributed by atoms with Gasteiger partial charge in [0.15, 0.2) is 0 Å². The summed E-state index contributed by atoms with van der Waals surface area (Å²) in [6.07, 6.45) is 3.50. The van der Waals surface area contributed by atoms with E-state index in [4.69, 9.17) is 5.11 Å². The van der Waals surface area contributed by atoms with E-state index in [-0.39, 0.29) is 0 Å². The van der Waals surface area contributed by atoms with Crippen LogP contribution in [0.3, 0.4) is 0 Å². The number of pyridine rings is 1. The molecule has 0 unspecified atom stereocenters. The zero-order valence-electron chi connectivity index (χ0n) is 8.18. The van der Waals surface area contributed by atoms with Crippen LogP contribution in [0.15, 0.2) is 30.6 Å². The van der Waals surface area contributed by atoms with Crippen LogP contribution in [-0.4, -0.2) is 21.8 Å². The molecule has 0 bridgehead atoms. The van der Waals surface area contributed by atoms with Gasteiger partial charge in [0.1, 0.15) is 0 Å².